The Morgan fingerprint density at radius 3 is 2.74 bits per heavy atom. The lowest BCUT2D eigenvalue weighted by Gasteiger charge is -2.48. The number of rotatable bonds is 3. The summed E-state index contributed by atoms with van der Waals surface area (Å²) in [4.78, 5) is 14.0. The molecule has 0 amide bonds. The molecule has 3 aliphatic heterocycles. The maximum absolute atomic E-state index is 11.5. The number of hydrogen-bond donors (Lipinski definition) is 0. The van der Waals surface area contributed by atoms with Gasteiger partial charge >= 0.3 is 6.16 Å². The third-order valence-corrected chi connectivity index (χ3v) is 4.01. The predicted octanol–water partition coefficient (Wildman–Crippen LogP) is 2.83. The van der Waals surface area contributed by atoms with Gasteiger partial charge in [0.05, 0.1) is 0 Å². The fourth-order valence-electron chi connectivity index (χ4n) is 3.06. The molecular weight excluding hydrogens is 242 g/mol. The topological polar surface area (TPSA) is 38.8 Å². The van der Waals surface area contributed by atoms with Crippen molar-refractivity contribution >= 4 is 6.16 Å². The summed E-state index contributed by atoms with van der Waals surface area (Å²) < 4.78 is 10.4. The van der Waals surface area contributed by atoms with E-state index in [1.54, 1.807) is 0 Å². The summed E-state index contributed by atoms with van der Waals surface area (Å²) in [7, 11) is 0. The first kappa shape index (κ1) is 14.4. The number of carbonyl (C=O) groups excluding carboxylic acids is 1. The predicted molar refractivity (Wildman–Crippen MR) is 74.0 cm³/mol. The van der Waals surface area contributed by atoms with Crippen molar-refractivity contribution in [2.24, 2.45) is 11.8 Å². The Labute approximate surface area is 115 Å². The minimum atomic E-state index is -0.560. The first-order valence-corrected chi connectivity index (χ1v) is 7.11. The van der Waals surface area contributed by atoms with E-state index in [1.807, 2.05) is 20.8 Å². The molecule has 0 spiro atoms. The van der Waals surface area contributed by atoms with Crippen LogP contribution in [0.1, 0.15) is 33.6 Å². The molecule has 0 aliphatic carbocycles. The van der Waals surface area contributed by atoms with Crippen molar-refractivity contribution < 1.29 is 14.3 Å². The van der Waals surface area contributed by atoms with E-state index in [4.69, 9.17) is 9.47 Å². The van der Waals surface area contributed by atoms with Gasteiger partial charge < -0.3 is 9.47 Å². The van der Waals surface area contributed by atoms with E-state index in [-0.39, 0.29) is 0 Å². The molecule has 3 aliphatic rings. The van der Waals surface area contributed by atoms with Crippen LogP contribution in [0.3, 0.4) is 0 Å². The van der Waals surface area contributed by atoms with Crippen LogP contribution in [0.4, 0.5) is 4.79 Å². The molecule has 0 aromatic heterocycles. The molecule has 0 N–H and O–H groups in total. The molecule has 3 saturated heterocycles. The Hall–Kier alpha value is -1.03. The van der Waals surface area contributed by atoms with Crippen molar-refractivity contribution in [1.82, 2.24) is 4.90 Å². The van der Waals surface area contributed by atoms with Crippen molar-refractivity contribution in [2.45, 2.75) is 45.3 Å². The monoisotopic (exact) mass is 267 g/mol. The van der Waals surface area contributed by atoms with Crippen molar-refractivity contribution in [3.63, 3.8) is 0 Å². The lowest BCUT2D eigenvalue weighted by molar-refractivity contribution is -0.0442. The maximum atomic E-state index is 11.5. The Bertz CT molecular complexity index is 348. The lowest BCUT2D eigenvalue weighted by atomic mass is 9.76. The second kappa shape index (κ2) is 5.53. The highest BCUT2D eigenvalue weighted by molar-refractivity contribution is 5.60. The van der Waals surface area contributed by atoms with Crippen LogP contribution in [0, 0.1) is 11.8 Å². The van der Waals surface area contributed by atoms with Crippen molar-refractivity contribution in [1.29, 1.82) is 0 Å². The van der Waals surface area contributed by atoms with Gasteiger partial charge in [-0.05, 0) is 52.0 Å². The molecular formula is C15H25NO3. The molecule has 0 saturated carbocycles. The second-order valence-electron chi connectivity index (χ2n) is 6.61. The summed E-state index contributed by atoms with van der Waals surface area (Å²) in [5, 5.41) is 0. The van der Waals surface area contributed by atoms with Crippen molar-refractivity contribution in [2.75, 3.05) is 19.7 Å². The van der Waals surface area contributed by atoms with Crippen LogP contribution in [0.25, 0.3) is 0 Å². The van der Waals surface area contributed by atoms with Gasteiger partial charge in [0.25, 0.3) is 0 Å². The van der Waals surface area contributed by atoms with Crippen molar-refractivity contribution in [3.05, 3.63) is 12.7 Å². The van der Waals surface area contributed by atoms with Crippen LogP contribution in [-0.2, 0) is 9.47 Å². The molecule has 4 nitrogen and oxygen atoms in total. The zero-order valence-corrected chi connectivity index (χ0v) is 12.2. The standard InChI is InChI=1S/C15H25NO3/c1-5-11-9-16-7-6-12(11)8-13(16)10-18-14(17)19-15(2,3)4/h5,11-13H,1,6-10H2,2-4H3/t11-,12-,13+/m0/s1. The second-order valence-corrected chi connectivity index (χ2v) is 6.61. The molecule has 3 fully saturated rings. The molecule has 3 rings (SSSR count). The molecule has 3 heterocycles. The molecule has 2 bridgehead atoms. The number of fused-ring (bicyclic) bond motifs is 3. The maximum Gasteiger partial charge on any atom is 0.508 e. The van der Waals surface area contributed by atoms with E-state index in [0.717, 1.165) is 19.5 Å². The number of carbonyl (C=O) groups is 1. The summed E-state index contributed by atoms with van der Waals surface area (Å²) in [6.45, 7) is 12.0. The van der Waals surface area contributed by atoms with Crippen LogP contribution < -0.4 is 0 Å². The summed E-state index contributed by atoms with van der Waals surface area (Å²) in [5.41, 5.74) is -0.489. The van der Waals surface area contributed by atoms with E-state index < -0.39 is 11.8 Å². The highest BCUT2D eigenvalue weighted by atomic mass is 16.7. The average molecular weight is 267 g/mol. The van der Waals surface area contributed by atoms with Crippen LogP contribution in [0.5, 0.6) is 0 Å². The minimum absolute atomic E-state index is 0.350. The Morgan fingerprint density at radius 2 is 2.21 bits per heavy atom. The Morgan fingerprint density at radius 1 is 1.47 bits per heavy atom. The van der Waals surface area contributed by atoms with Gasteiger partial charge in [-0.2, -0.15) is 0 Å². The van der Waals surface area contributed by atoms with Gasteiger partial charge in [-0.3, -0.25) is 4.90 Å². The van der Waals surface area contributed by atoms with Gasteiger partial charge in [0.15, 0.2) is 0 Å². The lowest BCUT2D eigenvalue weighted by Crippen LogP contribution is -2.54. The van der Waals surface area contributed by atoms with E-state index in [0.29, 0.717) is 24.5 Å². The molecule has 19 heavy (non-hydrogen) atoms. The third-order valence-electron chi connectivity index (χ3n) is 4.01. The summed E-state index contributed by atoms with van der Waals surface area (Å²) in [5.74, 6) is 1.31. The van der Waals surface area contributed by atoms with Gasteiger partial charge in [-0.15, -0.1) is 6.58 Å². The number of hydrogen-bond acceptors (Lipinski definition) is 4. The number of ether oxygens (including phenoxy) is 2. The van der Waals surface area contributed by atoms with Crippen molar-refractivity contribution in [3.8, 4) is 0 Å². The SMILES string of the molecule is C=C[C@H]1CN2CC[C@H]1C[C@@H]2COC(=O)OC(C)(C)C. The summed E-state index contributed by atoms with van der Waals surface area (Å²) in [6, 6.07) is 0.350. The largest absolute Gasteiger partial charge is 0.508 e. The Kier molecular flexibility index (Phi) is 4.19. The fraction of sp³-hybridized carbons (Fsp3) is 0.800. The van der Waals surface area contributed by atoms with Gasteiger partial charge in [-0.1, -0.05) is 6.08 Å². The van der Waals surface area contributed by atoms with Crippen LogP contribution in [0.2, 0.25) is 0 Å². The highest BCUT2D eigenvalue weighted by Crippen LogP contribution is 2.36. The molecule has 4 atom stereocenters. The van der Waals surface area contributed by atoms with Gasteiger partial charge in [-0.25, -0.2) is 4.79 Å². The normalized spacial score (nSPS) is 33.8. The third kappa shape index (κ3) is 3.72. The molecule has 1 unspecified atom stereocenters. The minimum Gasteiger partial charge on any atom is -0.433 e. The zero-order chi connectivity index (χ0) is 14.0. The van der Waals surface area contributed by atoms with E-state index >= 15 is 0 Å². The molecule has 0 aromatic carbocycles. The summed E-state index contributed by atoms with van der Waals surface area (Å²) >= 11 is 0. The van der Waals surface area contributed by atoms with E-state index in [1.165, 1.54) is 6.42 Å². The molecule has 0 aromatic rings. The van der Waals surface area contributed by atoms with Crippen LogP contribution in [-0.4, -0.2) is 42.4 Å². The van der Waals surface area contributed by atoms with E-state index in [9.17, 15) is 4.79 Å². The fourth-order valence-corrected chi connectivity index (χ4v) is 3.06. The quantitative estimate of drug-likeness (QED) is 0.582. The zero-order valence-electron chi connectivity index (χ0n) is 12.2. The number of piperidine rings is 3. The van der Waals surface area contributed by atoms with Crippen LogP contribution in [0.15, 0.2) is 12.7 Å². The van der Waals surface area contributed by atoms with E-state index in [2.05, 4.69) is 17.6 Å². The average Bonchev–Trinajstić information content (AvgIpc) is 2.35. The van der Waals surface area contributed by atoms with Gasteiger partial charge in [0.2, 0.25) is 0 Å². The molecule has 4 heteroatoms. The Balaban J connectivity index is 1.79. The van der Waals surface area contributed by atoms with Gasteiger partial charge in [0.1, 0.15) is 12.2 Å². The molecule has 0 radical (unpaired) electrons. The highest BCUT2D eigenvalue weighted by Gasteiger charge is 2.39. The first-order chi connectivity index (χ1) is 8.89. The molecule has 108 valence electrons. The number of nitrogens with zero attached hydrogens (tertiary/aromatic N) is 1. The summed E-state index contributed by atoms with van der Waals surface area (Å²) in [6.07, 6.45) is 3.84. The van der Waals surface area contributed by atoms with Crippen LogP contribution >= 0.6 is 0 Å². The smallest absolute Gasteiger partial charge is 0.433 e. The van der Waals surface area contributed by atoms with Gasteiger partial charge in [0, 0.05) is 12.6 Å². The first-order valence-electron chi connectivity index (χ1n) is 7.11.